The summed E-state index contributed by atoms with van der Waals surface area (Å²) in [5, 5.41) is 9.89. The molecule has 1 aromatic heterocycles. The van der Waals surface area contributed by atoms with E-state index >= 15 is 0 Å². The van der Waals surface area contributed by atoms with E-state index < -0.39 is 5.60 Å². The number of imidazole rings is 1. The molecule has 1 N–H and O–H groups in total. The summed E-state index contributed by atoms with van der Waals surface area (Å²) in [4.78, 5) is 6.48. The first kappa shape index (κ1) is 12.6. The molecule has 0 saturated carbocycles. The zero-order valence-electron chi connectivity index (χ0n) is 11.0. The highest BCUT2D eigenvalue weighted by Gasteiger charge is 2.29. The molecule has 0 amide bonds. The Morgan fingerprint density at radius 3 is 2.82 bits per heavy atom. The molecule has 4 nitrogen and oxygen atoms in total. The molecule has 2 rings (SSSR count). The minimum atomic E-state index is -0.611. The number of nitrogens with zero attached hydrogens (tertiary/aromatic N) is 3. The first-order chi connectivity index (χ1) is 7.96. The van der Waals surface area contributed by atoms with Gasteiger partial charge in [0.05, 0.1) is 11.9 Å². The molecular formula is C13H23N3O. The van der Waals surface area contributed by atoms with Crippen molar-refractivity contribution in [3.63, 3.8) is 0 Å². The molecule has 0 aliphatic carbocycles. The van der Waals surface area contributed by atoms with Crippen LogP contribution in [0.4, 0.5) is 0 Å². The molecule has 17 heavy (non-hydrogen) atoms. The Balaban J connectivity index is 2.02. The molecule has 1 aromatic rings. The van der Waals surface area contributed by atoms with Gasteiger partial charge in [-0.15, -0.1) is 0 Å². The topological polar surface area (TPSA) is 41.3 Å². The van der Waals surface area contributed by atoms with Gasteiger partial charge in [-0.05, 0) is 32.7 Å². The summed E-state index contributed by atoms with van der Waals surface area (Å²) in [5.41, 5.74) is -0.611. The average molecular weight is 237 g/mol. The van der Waals surface area contributed by atoms with Gasteiger partial charge in [-0.2, -0.15) is 0 Å². The minimum Gasteiger partial charge on any atom is -0.389 e. The highest BCUT2D eigenvalue weighted by molar-refractivity contribution is 4.89. The van der Waals surface area contributed by atoms with Gasteiger partial charge in [0.15, 0.2) is 0 Å². The second-order valence-corrected chi connectivity index (χ2v) is 5.89. The first-order valence-electron chi connectivity index (χ1n) is 6.38. The fourth-order valence-corrected chi connectivity index (χ4v) is 2.66. The third-order valence-electron chi connectivity index (χ3n) is 3.52. The van der Waals surface area contributed by atoms with E-state index in [1.165, 1.54) is 6.42 Å². The lowest BCUT2D eigenvalue weighted by atomic mass is 9.92. The fraction of sp³-hybridized carbons (Fsp3) is 0.769. The van der Waals surface area contributed by atoms with E-state index in [4.69, 9.17) is 0 Å². The molecule has 1 saturated heterocycles. The summed E-state index contributed by atoms with van der Waals surface area (Å²) in [6.45, 7) is 8.86. The smallest absolute Gasteiger partial charge is 0.0949 e. The standard InChI is InChI=1S/C13H23N3O/c1-11-4-6-15(9-13(2,3)17)8-12(11)16-7-5-14-10-16/h5,7,10-12,17H,4,6,8-9H2,1-3H3. The van der Waals surface area contributed by atoms with Crippen molar-refractivity contribution in [3.05, 3.63) is 18.7 Å². The Bertz CT molecular complexity index is 342. The first-order valence-corrected chi connectivity index (χ1v) is 6.38. The van der Waals surface area contributed by atoms with E-state index in [9.17, 15) is 5.11 Å². The second kappa shape index (κ2) is 4.78. The molecule has 2 atom stereocenters. The predicted octanol–water partition coefficient (Wildman–Crippen LogP) is 1.54. The maximum Gasteiger partial charge on any atom is 0.0949 e. The van der Waals surface area contributed by atoms with Crippen LogP contribution in [0.15, 0.2) is 18.7 Å². The largest absolute Gasteiger partial charge is 0.389 e. The number of likely N-dealkylation sites (tertiary alicyclic amines) is 1. The summed E-state index contributed by atoms with van der Waals surface area (Å²) in [6.07, 6.45) is 6.95. The van der Waals surface area contributed by atoms with Crippen molar-refractivity contribution in [2.45, 2.75) is 38.8 Å². The number of β-amino-alcohol motifs (C(OH)–C–C–N with tert-alkyl or cyclic N) is 1. The lowest BCUT2D eigenvalue weighted by molar-refractivity contribution is 0.0143. The Kier molecular flexibility index (Phi) is 3.54. The third-order valence-corrected chi connectivity index (χ3v) is 3.52. The van der Waals surface area contributed by atoms with E-state index in [1.54, 1.807) is 0 Å². The zero-order valence-corrected chi connectivity index (χ0v) is 11.0. The second-order valence-electron chi connectivity index (χ2n) is 5.89. The van der Waals surface area contributed by atoms with Gasteiger partial charge in [0.1, 0.15) is 0 Å². The Morgan fingerprint density at radius 1 is 1.47 bits per heavy atom. The van der Waals surface area contributed by atoms with Crippen molar-refractivity contribution < 1.29 is 5.11 Å². The van der Waals surface area contributed by atoms with E-state index in [0.717, 1.165) is 19.6 Å². The number of aromatic nitrogens is 2. The summed E-state index contributed by atoms with van der Waals surface area (Å²) >= 11 is 0. The van der Waals surface area contributed by atoms with Crippen molar-refractivity contribution in [1.82, 2.24) is 14.5 Å². The van der Waals surface area contributed by atoms with Crippen molar-refractivity contribution in [2.24, 2.45) is 5.92 Å². The van der Waals surface area contributed by atoms with E-state index in [2.05, 4.69) is 21.4 Å². The van der Waals surface area contributed by atoms with Gasteiger partial charge >= 0.3 is 0 Å². The Morgan fingerprint density at radius 2 is 2.24 bits per heavy atom. The molecule has 1 aliphatic heterocycles. The molecule has 96 valence electrons. The highest BCUT2D eigenvalue weighted by Crippen LogP contribution is 2.27. The SMILES string of the molecule is CC1CCN(CC(C)(C)O)CC1n1ccnc1. The summed E-state index contributed by atoms with van der Waals surface area (Å²) in [6, 6.07) is 0.480. The van der Waals surface area contributed by atoms with Crippen LogP contribution in [-0.4, -0.2) is 44.8 Å². The molecule has 1 aliphatic rings. The number of rotatable bonds is 3. The van der Waals surface area contributed by atoms with Crippen LogP contribution in [-0.2, 0) is 0 Å². The molecule has 0 bridgehead atoms. The van der Waals surface area contributed by atoms with Crippen LogP contribution in [0.25, 0.3) is 0 Å². The van der Waals surface area contributed by atoms with Crippen LogP contribution in [0.1, 0.15) is 33.2 Å². The van der Waals surface area contributed by atoms with Crippen LogP contribution >= 0.6 is 0 Å². The number of hydrogen-bond acceptors (Lipinski definition) is 3. The lowest BCUT2D eigenvalue weighted by Gasteiger charge is -2.39. The van der Waals surface area contributed by atoms with Crippen molar-refractivity contribution in [1.29, 1.82) is 0 Å². The average Bonchev–Trinajstić information content (AvgIpc) is 2.72. The van der Waals surface area contributed by atoms with E-state index in [0.29, 0.717) is 12.0 Å². The summed E-state index contributed by atoms with van der Waals surface area (Å²) < 4.78 is 2.20. The summed E-state index contributed by atoms with van der Waals surface area (Å²) in [7, 11) is 0. The highest BCUT2D eigenvalue weighted by atomic mass is 16.3. The van der Waals surface area contributed by atoms with Gasteiger partial charge < -0.3 is 9.67 Å². The molecule has 4 heteroatoms. The van der Waals surface area contributed by atoms with Gasteiger partial charge in [0.25, 0.3) is 0 Å². The van der Waals surface area contributed by atoms with Crippen LogP contribution in [0, 0.1) is 5.92 Å². The molecule has 0 radical (unpaired) electrons. The summed E-state index contributed by atoms with van der Waals surface area (Å²) in [5.74, 6) is 0.669. The maximum absolute atomic E-state index is 9.89. The monoisotopic (exact) mass is 237 g/mol. The van der Waals surface area contributed by atoms with Gasteiger partial charge in [0, 0.05) is 31.5 Å². The molecule has 2 heterocycles. The van der Waals surface area contributed by atoms with Gasteiger partial charge in [-0.3, -0.25) is 4.90 Å². The minimum absolute atomic E-state index is 0.480. The molecular weight excluding hydrogens is 214 g/mol. The molecule has 1 fully saturated rings. The fourth-order valence-electron chi connectivity index (χ4n) is 2.66. The maximum atomic E-state index is 9.89. The van der Waals surface area contributed by atoms with E-state index in [-0.39, 0.29) is 0 Å². The van der Waals surface area contributed by atoms with Gasteiger partial charge in [-0.25, -0.2) is 4.98 Å². The van der Waals surface area contributed by atoms with Crippen molar-refractivity contribution in [2.75, 3.05) is 19.6 Å². The zero-order chi connectivity index (χ0) is 12.5. The number of hydrogen-bond donors (Lipinski definition) is 1. The van der Waals surface area contributed by atoms with Crippen molar-refractivity contribution >= 4 is 0 Å². The van der Waals surface area contributed by atoms with Crippen LogP contribution < -0.4 is 0 Å². The Hall–Kier alpha value is -0.870. The third kappa shape index (κ3) is 3.30. The molecule has 0 aromatic carbocycles. The van der Waals surface area contributed by atoms with Crippen LogP contribution in [0.3, 0.4) is 0 Å². The quantitative estimate of drug-likeness (QED) is 0.867. The number of aliphatic hydroxyl groups is 1. The predicted molar refractivity (Wildman–Crippen MR) is 67.8 cm³/mol. The lowest BCUT2D eigenvalue weighted by Crippen LogP contribution is -2.46. The molecule has 0 spiro atoms. The number of piperidine rings is 1. The van der Waals surface area contributed by atoms with Crippen LogP contribution in [0.2, 0.25) is 0 Å². The van der Waals surface area contributed by atoms with Crippen LogP contribution in [0.5, 0.6) is 0 Å². The molecule has 2 unspecified atom stereocenters. The normalized spacial score (nSPS) is 27.3. The van der Waals surface area contributed by atoms with E-state index in [1.807, 2.05) is 32.6 Å². The Labute approximate surface area is 103 Å². The van der Waals surface area contributed by atoms with Gasteiger partial charge in [0.2, 0.25) is 0 Å². The van der Waals surface area contributed by atoms with Crippen molar-refractivity contribution in [3.8, 4) is 0 Å². The van der Waals surface area contributed by atoms with Gasteiger partial charge in [-0.1, -0.05) is 6.92 Å².